The number of nitrogens with one attached hydrogen (secondary N) is 1. The quantitative estimate of drug-likeness (QED) is 0.743. The number of carbonyl (C=O) groups is 1. The van der Waals surface area contributed by atoms with Gasteiger partial charge in [-0.15, -0.1) is 11.3 Å². The molecule has 0 saturated carbocycles. The topological polar surface area (TPSA) is 78.9 Å². The van der Waals surface area contributed by atoms with Gasteiger partial charge in [0.25, 0.3) is 0 Å². The minimum atomic E-state index is -0.0315. The highest BCUT2D eigenvalue weighted by atomic mass is 32.1. The molecule has 0 aliphatic rings. The van der Waals surface area contributed by atoms with Crippen molar-refractivity contribution in [1.82, 2.24) is 0 Å². The summed E-state index contributed by atoms with van der Waals surface area (Å²) in [6.45, 7) is 0.672. The van der Waals surface area contributed by atoms with Crippen LogP contribution in [0.25, 0.3) is 0 Å². The van der Waals surface area contributed by atoms with E-state index in [9.17, 15) is 4.79 Å². The number of unbranched alkanes of at least 4 members (excludes halogenated alkanes) is 2. The number of nitriles is 1. The average molecular weight is 237 g/mol. The van der Waals surface area contributed by atoms with Gasteiger partial charge in [0.15, 0.2) is 0 Å². The van der Waals surface area contributed by atoms with Gasteiger partial charge in [0.1, 0.15) is 11.1 Å². The maximum atomic E-state index is 11.5. The zero-order chi connectivity index (χ0) is 11.8. The number of hydrogen-bond acceptors (Lipinski definition) is 4. The van der Waals surface area contributed by atoms with E-state index in [1.807, 2.05) is 6.07 Å². The minimum absolute atomic E-state index is 0.0315. The fourth-order valence-electron chi connectivity index (χ4n) is 1.29. The first-order valence-electron chi connectivity index (χ1n) is 5.25. The van der Waals surface area contributed by atoms with Crippen LogP contribution in [0.1, 0.15) is 31.2 Å². The third-order valence-corrected chi connectivity index (χ3v) is 2.98. The predicted octanol–water partition coefficient (Wildman–Crippen LogP) is 2.08. The number of nitrogens with zero attached hydrogens (tertiary/aromatic N) is 1. The Morgan fingerprint density at radius 1 is 1.50 bits per heavy atom. The molecule has 0 atom stereocenters. The minimum Gasteiger partial charge on any atom is -0.330 e. The van der Waals surface area contributed by atoms with Gasteiger partial charge in [-0.3, -0.25) is 4.79 Å². The Balaban J connectivity index is 2.32. The largest absolute Gasteiger partial charge is 0.330 e. The van der Waals surface area contributed by atoms with Gasteiger partial charge >= 0.3 is 0 Å². The molecule has 0 aliphatic heterocycles. The molecule has 0 aliphatic carbocycles. The van der Waals surface area contributed by atoms with Crippen LogP contribution >= 0.6 is 11.3 Å². The van der Waals surface area contributed by atoms with Gasteiger partial charge in [-0.25, -0.2) is 0 Å². The Morgan fingerprint density at radius 3 is 3.00 bits per heavy atom. The van der Waals surface area contributed by atoms with Crippen molar-refractivity contribution in [3.05, 3.63) is 17.0 Å². The molecule has 1 heterocycles. The third kappa shape index (κ3) is 4.01. The van der Waals surface area contributed by atoms with Crippen molar-refractivity contribution < 1.29 is 4.79 Å². The van der Waals surface area contributed by atoms with Crippen molar-refractivity contribution in [2.24, 2.45) is 5.73 Å². The normalized spacial score (nSPS) is 9.75. The van der Waals surface area contributed by atoms with Crippen LogP contribution < -0.4 is 11.1 Å². The average Bonchev–Trinajstić information content (AvgIpc) is 2.71. The van der Waals surface area contributed by atoms with Crippen molar-refractivity contribution in [1.29, 1.82) is 5.26 Å². The van der Waals surface area contributed by atoms with E-state index in [0.717, 1.165) is 19.3 Å². The van der Waals surface area contributed by atoms with E-state index in [1.54, 1.807) is 11.4 Å². The second-order valence-electron chi connectivity index (χ2n) is 3.42. The van der Waals surface area contributed by atoms with Crippen LogP contribution in [0.2, 0.25) is 0 Å². The predicted molar refractivity (Wildman–Crippen MR) is 65.2 cm³/mol. The van der Waals surface area contributed by atoms with E-state index in [-0.39, 0.29) is 5.91 Å². The van der Waals surface area contributed by atoms with Gasteiger partial charge in [-0.1, -0.05) is 6.42 Å². The van der Waals surface area contributed by atoms with Crippen molar-refractivity contribution >= 4 is 22.2 Å². The zero-order valence-corrected chi connectivity index (χ0v) is 9.85. The van der Waals surface area contributed by atoms with E-state index in [0.29, 0.717) is 23.5 Å². The number of anilines is 1. The molecule has 16 heavy (non-hydrogen) atoms. The van der Waals surface area contributed by atoms with Crippen LogP contribution in [0.5, 0.6) is 0 Å². The first-order valence-corrected chi connectivity index (χ1v) is 6.13. The number of thiophene rings is 1. The molecule has 0 aromatic carbocycles. The smallest absolute Gasteiger partial charge is 0.225 e. The summed E-state index contributed by atoms with van der Waals surface area (Å²) in [6, 6.07) is 3.74. The van der Waals surface area contributed by atoms with Crippen LogP contribution in [0, 0.1) is 11.3 Å². The van der Waals surface area contributed by atoms with E-state index >= 15 is 0 Å². The molecule has 0 fully saturated rings. The monoisotopic (exact) mass is 237 g/mol. The molecule has 0 saturated heterocycles. The first-order chi connectivity index (χ1) is 7.77. The molecular weight excluding hydrogens is 222 g/mol. The molecule has 3 N–H and O–H groups in total. The van der Waals surface area contributed by atoms with E-state index in [1.165, 1.54) is 11.3 Å². The van der Waals surface area contributed by atoms with Crippen molar-refractivity contribution in [3.8, 4) is 6.07 Å². The Morgan fingerprint density at radius 2 is 2.31 bits per heavy atom. The number of carbonyl (C=O) groups excluding carboxylic acids is 1. The fourth-order valence-corrected chi connectivity index (χ4v) is 2.04. The van der Waals surface area contributed by atoms with Crippen LogP contribution in [-0.2, 0) is 4.79 Å². The molecule has 0 unspecified atom stereocenters. The van der Waals surface area contributed by atoms with Gasteiger partial charge in [-0.05, 0) is 30.8 Å². The van der Waals surface area contributed by atoms with Crippen molar-refractivity contribution in [3.63, 3.8) is 0 Å². The molecule has 4 nitrogen and oxygen atoms in total. The highest BCUT2D eigenvalue weighted by Crippen LogP contribution is 2.22. The Hall–Kier alpha value is -1.38. The lowest BCUT2D eigenvalue weighted by atomic mass is 10.2. The van der Waals surface area contributed by atoms with Gasteiger partial charge in [0.2, 0.25) is 5.91 Å². The number of amides is 1. The summed E-state index contributed by atoms with van der Waals surface area (Å²) < 4.78 is 0. The van der Waals surface area contributed by atoms with Gasteiger partial charge in [-0.2, -0.15) is 5.26 Å². The summed E-state index contributed by atoms with van der Waals surface area (Å²) in [5.74, 6) is -0.0315. The molecule has 1 aromatic heterocycles. The Kier molecular flexibility index (Phi) is 5.54. The number of rotatable bonds is 6. The van der Waals surface area contributed by atoms with E-state index in [4.69, 9.17) is 11.0 Å². The lowest BCUT2D eigenvalue weighted by Crippen LogP contribution is -2.11. The highest BCUT2D eigenvalue weighted by Gasteiger charge is 2.07. The fraction of sp³-hybridized carbons (Fsp3) is 0.455. The molecule has 1 aromatic rings. The molecule has 1 rings (SSSR count). The highest BCUT2D eigenvalue weighted by molar-refractivity contribution is 7.14. The van der Waals surface area contributed by atoms with Gasteiger partial charge < -0.3 is 11.1 Å². The van der Waals surface area contributed by atoms with Crippen molar-refractivity contribution in [2.45, 2.75) is 25.7 Å². The molecule has 0 spiro atoms. The Labute approximate surface area is 99.1 Å². The SMILES string of the molecule is N#Cc1ccsc1NC(=O)CCCCCN. The third-order valence-electron chi connectivity index (χ3n) is 2.15. The number of hydrogen-bond donors (Lipinski definition) is 2. The second kappa shape index (κ2) is 6.99. The van der Waals surface area contributed by atoms with Crippen LogP contribution in [-0.4, -0.2) is 12.5 Å². The molecule has 1 amide bonds. The van der Waals surface area contributed by atoms with Gasteiger partial charge in [0.05, 0.1) is 5.56 Å². The summed E-state index contributed by atoms with van der Waals surface area (Å²) in [5, 5.41) is 13.9. The molecule has 0 bridgehead atoms. The molecule has 86 valence electrons. The summed E-state index contributed by atoms with van der Waals surface area (Å²) in [6.07, 6.45) is 3.26. The second-order valence-corrected chi connectivity index (χ2v) is 4.34. The van der Waals surface area contributed by atoms with Crippen LogP contribution in [0.15, 0.2) is 11.4 Å². The number of nitrogens with two attached hydrogens (primary N) is 1. The van der Waals surface area contributed by atoms with Crippen LogP contribution in [0.4, 0.5) is 5.00 Å². The van der Waals surface area contributed by atoms with E-state index < -0.39 is 0 Å². The zero-order valence-electron chi connectivity index (χ0n) is 9.03. The Bertz CT molecular complexity index is 381. The van der Waals surface area contributed by atoms with E-state index in [2.05, 4.69) is 5.32 Å². The maximum Gasteiger partial charge on any atom is 0.225 e. The van der Waals surface area contributed by atoms with Crippen LogP contribution in [0.3, 0.4) is 0 Å². The summed E-state index contributed by atoms with van der Waals surface area (Å²) >= 11 is 1.37. The van der Waals surface area contributed by atoms with Crippen molar-refractivity contribution in [2.75, 3.05) is 11.9 Å². The summed E-state index contributed by atoms with van der Waals surface area (Å²) in [7, 11) is 0. The maximum absolute atomic E-state index is 11.5. The standard InChI is InChI=1S/C11H15N3OS/c12-6-3-1-2-4-10(15)14-11-9(8-13)5-7-16-11/h5,7H,1-4,6,12H2,(H,14,15). The molecule has 0 radical (unpaired) electrons. The van der Waals surface area contributed by atoms with Gasteiger partial charge in [0, 0.05) is 6.42 Å². The summed E-state index contributed by atoms with van der Waals surface area (Å²) in [5.41, 5.74) is 5.89. The lowest BCUT2D eigenvalue weighted by molar-refractivity contribution is -0.116. The summed E-state index contributed by atoms with van der Waals surface area (Å²) in [4.78, 5) is 11.5. The molecule has 5 heteroatoms. The first kappa shape index (κ1) is 12.7. The lowest BCUT2D eigenvalue weighted by Gasteiger charge is -2.02. The molecular formula is C11H15N3OS.